The van der Waals surface area contributed by atoms with Crippen LogP contribution in [0.1, 0.15) is 216 Å². The fraction of sp³-hybridized carbons (Fsp3) is 0.583. The zero-order valence-electron chi connectivity index (χ0n) is 93.5. The Bertz CT molecular complexity index is 7200. The van der Waals surface area contributed by atoms with Gasteiger partial charge in [0.2, 0.25) is 0 Å². The predicted molar refractivity (Wildman–Crippen MR) is 530 cm³/mol. The smallest absolute Gasteiger partial charge is 0.191 e. The third-order valence-electron chi connectivity index (χ3n) is 26.1. The SMILES string of the molecule is [2H]C([2H])(CC)Sc1nc(N[C@]2([2H])C[C@H]2c2ccc(C)c(F)c2)c2nnn([C@@H]3C[C@H](OCCO)[C@@H](O)[C@H]3O)c2n1.[2H]C([2H])(CO)O[C@H]1C[C@@H](n2nnc3c(N[C@]4([2H])C[C@H]4c4ccc(C)c(F)c4)nc(SCCC)nc32)[C@H](O)[C@@H]1O.[2H]C([2H])(O)C([2H])([2H])O[C@H]1C[C@@H](n2nnc3c(N[C@]4([2H])C[C@H]4c4ccc(C)c(F)c4)nc(SCCC)nc32)[C@H](O)[C@@H]1O.[2H]C([2H])(O)CO[C@H]1C[C@@H](n2nnc3c(N[C@]4([2H])C[C@H]4c4ccc(C)c(F)c4)nc(SCCC)nc32)[C@H](O)[C@@H]1O. The first-order valence-corrected chi connectivity index (χ1v) is 51.2. The summed E-state index contributed by atoms with van der Waals surface area (Å²) in [6.07, 6.45) is -10.7. The average Bonchev–Trinajstić information content (AvgIpc) is 1.58. The fourth-order valence-electron chi connectivity index (χ4n) is 17.8. The maximum atomic E-state index is 14.2. The first-order chi connectivity index (χ1) is 74.5. The van der Waals surface area contributed by atoms with Crippen LogP contribution in [-0.2, 0) is 18.9 Å². The van der Waals surface area contributed by atoms with Crippen molar-refractivity contribution in [3.8, 4) is 0 Å². The van der Waals surface area contributed by atoms with Crippen molar-refractivity contribution in [3.63, 3.8) is 0 Å². The average molecular weight is 2090 g/mol. The number of nitrogens with zero attached hydrogens (tertiary/aromatic N) is 20. The zero-order chi connectivity index (χ0) is 114. The van der Waals surface area contributed by atoms with Gasteiger partial charge in [-0.2, -0.15) is 0 Å². The summed E-state index contributed by atoms with van der Waals surface area (Å²) in [5.41, 5.74) is 5.16. The van der Waals surface area contributed by atoms with E-state index in [2.05, 4.69) is 102 Å². The molecule has 0 unspecified atom stereocenters. The molecule has 0 amide bonds. The summed E-state index contributed by atoms with van der Waals surface area (Å²) in [7, 11) is 0. The Morgan fingerprint density at radius 3 is 0.882 bits per heavy atom. The molecule has 0 saturated heterocycles. The highest BCUT2D eigenvalue weighted by Crippen LogP contribution is 2.50. The van der Waals surface area contributed by atoms with Gasteiger partial charge in [-0.15, -0.1) is 20.4 Å². The van der Waals surface area contributed by atoms with Gasteiger partial charge >= 0.3 is 0 Å². The summed E-state index contributed by atoms with van der Waals surface area (Å²) in [5.74, 6) is 0.733. The van der Waals surface area contributed by atoms with Crippen molar-refractivity contribution in [1.82, 2.24) is 99.8 Å². The first kappa shape index (κ1) is 88.6. The van der Waals surface area contributed by atoms with E-state index < -0.39 is 167 Å². The molecule has 8 aliphatic carbocycles. The molecule has 48 heteroatoms. The quantitative estimate of drug-likeness (QED) is 0.00969. The largest absolute Gasteiger partial charge is 0.394 e. The summed E-state index contributed by atoms with van der Waals surface area (Å²) in [6.45, 7) is 1.16. The summed E-state index contributed by atoms with van der Waals surface area (Å²) in [6, 6.07) is 11.7. The van der Waals surface area contributed by atoms with Gasteiger partial charge in [-0.25, -0.2) is 76.2 Å². The van der Waals surface area contributed by atoms with Crippen LogP contribution < -0.4 is 21.3 Å². The van der Waals surface area contributed by atoms with Crippen LogP contribution in [0.2, 0.25) is 0 Å². The van der Waals surface area contributed by atoms with E-state index in [-0.39, 0.29) is 154 Å². The van der Waals surface area contributed by atoms with Gasteiger partial charge in [0.15, 0.2) is 88.6 Å². The number of anilines is 4. The summed E-state index contributed by atoms with van der Waals surface area (Å²) in [4.78, 5) is 36.5. The molecule has 40 nitrogen and oxygen atoms in total. The second-order valence-electron chi connectivity index (χ2n) is 36.2. The van der Waals surface area contributed by atoms with Crippen LogP contribution in [0.5, 0.6) is 0 Å². The lowest BCUT2D eigenvalue weighted by Crippen LogP contribution is -2.33. The second kappa shape index (κ2) is 47.3. The topological polar surface area (TPSA) is 554 Å². The molecule has 144 heavy (non-hydrogen) atoms. The van der Waals surface area contributed by atoms with Gasteiger partial charge in [-0.1, -0.05) is 144 Å². The van der Waals surface area contributed by atoms with Crippen molar-refractivity contribution in [3.05, 3.63) is 141 Å². The van der Waals surface area contributed by atoms with E-state index in [1.165, 1.54) is 78.3 Å². The second-order valence-corrected chi connectivity index (χ2v) is 40.2. The Morgan fingerprint density at radius 1 is 0.347 bits per heavy atom. The highest BCUT2D eigenvalue weighted by atomic mass is 32.2. The molecule has 8 saturated carbocycles. The van der Waals surface area contributed by atoms with Crippen molar-refractivity contribution >= 4 is 115 Å². The van der Waals surface area contributed by atoms with Crippen molar-refractivity contribution in [2.24, 2.45) is 0 Å². The maximum Gasteiger partial charge on any atom is 0.191 e. The number of rotatable bonds is 40. The van der Waals surface area contributed by atoms with E-state index in [1.54, 1.807) is 71.0 Å². The van der Waals surface area contributed by atoms with E-state index in [4.69, 9.17) is 43.2 Å². The molecule has 16 N–H and O–H groups in total. The number of aliphatic hydroxyl groups excluding tert-OH is 10. The van der Waals surface area contributed by atoms with Crippen LogP contribution in [0.15, 0.2) is 93.4 Å². The Labute approximate surface area is 863 Å². The summed E-state index contributed by atoms with van der Waals surface area (Å²) >= 11 is 5.01. The standard InChI is InChI=1S/4C24H31FN6O4S/c4*1-3-8-36-24-27-22(26-16-10-14(16)13-5-4-12(2)15(25)9-13)19-23(28-24)31(30-29-19)17-11-18(35-7-6-32)21(34)20(17)33/h4*4-5,9,14,16-18,20-21,32-34H,3,6-8,10-11H2,1-2H3,(H,26,27,28)/t4*14-,16+,17+,18-,20-,21+/m0000/s1/i6D2,7D2,16D;8D2,16D;7D2,16D;6D2,16D. The number of nitrogens with one attached hydrogen (secondary N) is 4. The molecule has 8 heterocycles. The van der Waals surface area contributed by atoms with Crippen LogP contribution >= 0.6 is 47.0 Å². The third-order valence-corrected chi connectivity index (χ3v) is 30.0. The van der Waals surface area contributed by atoms with Crippen LogP contribution in [0.3, 0.4) is 0 Å². The molecule has 0 aliphatic heterocycles. The van der Waals surface area contributed by atoms with E-state index in [0.29, 0.717) is 97.3 Å². The van der Waals surface area contributed by atoms with Crippen LogP contribution in [0.4, 0.5) is 40.8 Å². The third kappa shape index (κ3) is 23.8. The number of aromatic nitrogens is 20. The normalized spacial score (nSPS) is 31.6. The molecule has 20 rings (SSSR count). The number of hydrogen-bond acceptors (Lipinski definition) is 40. The van der Waals surface area contributed by atoms with E-state index in [1.807, 2.05) is 32.9 Å². The lowest BCUT2D eigenvalue weighted by molar-refractivity contribution is -0.0629. The Morgan fingerprint density at radius 2 is 0.625 bits per heavy atom. The van der Waals surface area contributed by atoms with E-state index in [0.717, 1.165) is 48.1 Å². The molecule has 0 bridgehead atoms. The number of fused-ring (bicyclic) bond motifs is 4. The molecule has 8 aliphatic rings. The molecule has 8 fully saturated rings. The van der Waals surface area contributed by atoms with Gasteiger partial charge in [0.05, 0.1) is 118 Å². The highest BCUT2D eigenvalue weighted by molar-refractivity contribution is 7.99. The first-order valence-electron chi connectivity index (χ1n) is 54.4. The molecule has 4 aromatic carbocycles. The number of benzene rings is 4. The van der Waals surface area contributed by atoms with E-state index in [9.17, 15) is 73.7 Å². The Balaban J connectivity index is 0.000000142. The van der Waals surface area contributed by atoms with Gasteiger partial charge < -0.3 is 101 Å². The molecule has 0 spiro atoms. The van der Waals surface area contributed by atoms with Crippen molar-refractivity contribution in [1.29, 1.82) is 0 Å². The number of aliphatic hydroxyl groups is 12. The van der Waals surface area contributed by atoms with E-state index >= 15 is 0 Å². The van der Waals surface area contributed by atoms with Crippen LogP contribution in [-0.4, -0.2) is 334 Å². The minimum atomic E-state index is -3.36. The minimum absolute atomic E-state index is 0.0000297. The molecule has 24 atom stereocenters. The van der Waals surface area contributed by atoms with Gasteiger partial charge in [-0.3, -0.25) is 0 Å². The number of hydrogen-bond donors (Lipinski definition) is 16. The Hall–Kier alpha value is -9.52. The highest BCUT2D eigenvalue weighted by Gasteiger charge is 2.51. The van der Waals surface area contributed by atoms with Gasteiger partial charge in [0.1, 0.15) is 72.1 Å². The molecule has 12 aromatic rings. The lowest BCUT2D eigenvalue weighted by atomic mass is 10.1. The van der Waals surface area contributed by atoms with Crippen LogP contribution in [0, 0.1) is 51.0 Å². The van der Waals surface area contributed by atoms with Gasteiger partial charge in [-0.05, 0) is 148 Å². The van der Waals surface area contributed by atoms with Crippen LogP contribution in [0.25, 0.3) is 44.7 Å². The fourth-order valence-corrected chi connectivity index (χ4v) is 20.4. The molecular weight excluding hydrogens is 1950 g/mol. The molecular formula is C96H124F4N24O16S4. The van der Waals surface area contributed by atoms with Crippen molar-refractivity contribution in [2.45, 2.75) is 298 Å². The zero-order valence-corrected chi connectivity index (χ0v) is 82.8. The maximum absolute atomic E-state index is 14.2. The van der Waals surface area contributed by atoms with Crippen molar-refractivity contribution in [2.75, 3.05) is 96.9 Å². The number of ether oxygens (including phenoxy) is 4. The minimum Gasteiger partial charge on any atom is -0.394 e. The summed E-state index contributed by atoms with van der Waals surface area (Å²) in [5, 5.41) is 170. The van der Waals surface area contributed by atoms with Gasteiger partial charge in [0, 0.05) is 99.1 Å². The Kier molecular flexibility index (Phi) is 29.1. The molecule has 0 radical (unpaired) electrons. The number of thioether (sulfide) groups is 4. The lowest BCUT2D eigenvalue weighted by Gasteiger charge is -2.17. The molecule has 8 aromatic heterocycles. The molecule has 776 valence electrons. The van der Waals surface area contributed by atoms with Crippen molar-refractivity contribution < 1.29 is 117 Å². The van der Waals surface area contributed by atoms with Gasteiger partial charge in [0.25, 0.3) is 0 Å². The summed E-state index contributed by atoms with van der Waals surface area (Å²) < 4.78 is 195. The predicted octanol–water partition coefficient (Wildman–Crippen LogP) is 8.73. The monoisotopic (exact) mass is 2090 g/mol. The number of aryl methyl sites for hydroxylation is 4. The number of halogens is 4.